The number of nitrogens with zero attached hydrogens (tertiary/aromatic N) is 3. The molecule has 1 aromatic carbocycles. The van der Waals surface area contributed by atoms with E-state index in [1.165, 1.54) is 11.1 Å². The van der Waals surface area contributed by atoms with E-state index >= 15 is 0 Å². The molecule has 1 aliphatic rings. The maximum Gasteiger partial charge on any atom is 0.274 e. The van der Waals surface area contributed by atoms with Crippen molar-refractivity contribution in [2.75, 3.05) is 24.6 Å². The molecule has 2 heterocycles. The van der Waals surface area contributed by atoms with Crippen molar-refractivity contribution in [2.45, 2.75) is 32.9 Å². The lowest BCUT2D eigenvalue weighted by Gasteiger charge is -2.32. The van der Waals surface area contributed by atoms with Gasteiger partial charge < -0.3 is 14.6 Å². The van der Waals surface area contributed by atoms with E-state index in [1.54, 1.807) is 17.8 Å². The average molecular weight is 341 g/mol. The maximum atomic E-state index is 12.6. The highest BCUT2D eigenvalue weighted by Crippen LogP contribution is 2.29. The molecule has 0 bridgehead atoms. The van der Waals surface area contributed by atoms with Gasteiger partial charge in [0.1, 0.15) is 5.69 Å². The van der Waals surface area contributed by atoms with Crippen molar-refractivity contribution in [1.29, 1.82) is 0 Å². The van der Waals surface area contributed by atoms with Gasteiger partial charge in [0.05, 0.1) is 6.61 Å². The normalized spacial score (nSPS) is 14.6. The molecule has 0 unspecified atom stereocenters. The summed E-state index contributed by atoms with van der Waals surface area (Å²) in [4.78, 5) is 17.0. The zero-order valence-electron chi connectivity index (χ0n) is 15.3. The Labute approximate surface area is 149 Å². The second-order valence-corrected chi connectivity index (χ2v) is 6.98. The van der Waals surface area contributed by atoms with Crippen molar-refractivity contribution in [1.82, 2.24) is 9.47 Å². The van der Waals surface area contributed by atoms with Crippen molar-refractivity contribution in [3.05, 3.63) is 58.0 Å². The number of β-amino-alcohol motifs (C(OH)–C–C–N with tert-alkyl or cyclic N) is 1. The van der Waals surface area contributed by atoms with Gasteiger partial charge in [-0.2, -0.15) is 0 Å². The number of anilines is 2. The maximum absolute atomic E-state index is 12.6. The second-order valence-electron chi connectivity index (χ2n) is 6.98. The first-order chi connectivity index (χ1) is 12.0. The lowest BCUT2D eigenvalue weighted by atomic mass is 9.98. The number of aromatic nitrogens is 1. The molecule has 0 saturated carbocycles. The molecule has 2 aromatic rings. The third-order valence-electron chi connectivity index (χ3n) is 4.85. The first kappa shape index (κ1) is 17.7. The minimum atomic E-state index is 0.0100. The molecule has 0 saturated heterocycles. The Morgan fingerprint density at radius 2 is 2.04 bits per heavy atom. The molecule has 25 heavy (non-hydrogen) atoms. The van der Waals surface area contributed by atoms with Gasteiger partial charge in [-0.25, -0.2) is 0 Å². The van der Waals surface area contributed by atoms with E-state index in [1.807, 2.05) is 12.1 Å². The Bertz CT molecular complexity index is 798. The second kappa shape index (κ2) is 7.42. The molecular formula is C20H27N3O2. The van der Waals surface area contributed by atoms with E-state index in [0.29, 0.717) is 12.2 Å². The van der Waals surface area contributed by atoms with Gasteiger partial charge in [0.2, 0.25) is 0 Å². The van der Waals surface area contributed by atoms with E-state index in [4.69, 9.17) is 0 Å². The van der Waals surface area contributed by atoms with Gasteiger partial charge in [0.25, 0.3) is 5.56 Å². The van der Waals surface area contributed by atoms with Crippen molar-refractivity contribution >= 4 is 11.4 Å². The van der Waals surface area contributed by atoms with Crippen molar-refractivity contribution < 1.29 is 5.11 Å². The molecule has 1 aromatic heterocycles. The van der Waals surface area contributed by atoms with Gasteiger partial charge in [0.15, 0.2) is 0 Å². The van der Waals surface area contributed by atoms with Crippen LogP contribution in [-0.2, 0) is 20.0 Å². The largest absolute Gasteiger partial charge is 0.395 e. The number of hydrogen-bond acceptors (Lipinski definition) is 4. The molecule has 0 aliphatic carbocycles. The van der Waals surface area contributed by atoms with Gasteiger partial charge in [0, 0.05) is 44.6 Å². The molecule has 5 nitrogen and oxygen atoms in total. The van der Waals surface area contributed by atoms with Crippen LogP contribution in [0.15, 0.2) is 41.3 Å². The number of fused-ring (bicyclic) bond motifs is 1. The molecule has 134 valence electrons. The number of aliphatic hydroxyl groups excluding tert-OH is 1. The van der Waals surface area contributed by atoms with E-state index in [0.717, 1.165) is 25.2 Å². The smallest absolute Gasteiger partial charge is 0.274 e. The van der Waals surface area contributed by atoms with Crippen LogP contribution in [0.1, 0.15) is 25.0 Å². The zero-order chi connectivity index (χ0) is 18.0. The molecule has 1 N–H and O–H groups in total. The fraction of sp³-hybridized carbons (Fsp3) is 0.450. The monoisotopic (exact) mass is 341 g/mol. The fourth-order valence-corrected chi connectivity index (χ4v) is 3.57. The van der Waals surface area contributed by atoms with E-state index in [9.17, 15) is 9.90 Å². The Morgan fingerprint density at radius 1 is 1.24 bits per heavy atom. The molecule has 0 atom stereocenters. The SMILES string of the molecule is CC(C)N(c1ccc2c(c1)CN(CCO)CC2)c1cccn(C)c1=O. The summed E-state index contributed by atoms with van der Waals surface area (Å²) in [5.41, 5.74) is 4.40. The fourth-order valence-electron chi connectivity index (χ4n) is 3.57. The molecular weight excluding hydrogens is 314 g/mol. The summed E-state index contributed by atoms with van der Waals surface area (Å²) in [6.07, 6.45) is 2.79. The lowest BCUT2D eigenvalue weighted by molar-refractivity contribution is 0.184. The highest BCUT2D eigenvalue weighted by molar-refractivity contribution is 5.64. The zero-order valence-corrected chi connectivity index (χ0v) is 15.3. The number of aliphatic hydroxyl groups is 1. The molecule has 3 rings (SSSR count). The van der Waals surface area contributed by atoms with Gasteiger partial charge >= 0.3 is 0 Å². The van der Waals surface area contributed by atoms with Crippen LogP contribution in [0.3, 0.4) is 0 Å². The topological polar surface area (TPSA) is 48.7 Å². The Kier molecular flexibility index (Phi) is 5.25. The van der Waals surface area contributed by atoms with Crippen LogP contribution in [-0.4, -0.2) is 40.3 Å². The molecule has 0 radical (unpaired) electrons. The summed E-state index contributed by atoms with van der Waals surface area (Å²) in [5, 5.41) is 9.20. The first-order valence-electron chi connectivity index (χ1n) is 8.91. The van der Waals surface area contributed by atoms with Crippen molar-refractivity contribution in [2.24, 2.45) is 7.05 Å². The van der Waals surface area contributed by atoms with Crippen LogP contribution in [0.5, 0.6) is 0 Å². The minimum absolute atomic E-state index is 0.0100. The van der Waals surface area contributed by atoms with Crippen LogP contribution in [0, 0.1) is 0 Å². The van der Waals surface area contributed by atoms with Crippen LogP contribution in [0.25, 0.3) is 0 Å². The summed E-state index contributed by atoms with van der Waals surface area (Å²) in [6, 6.07) is 10.5. The Balaban J connectivity index is 2.00. The van der Waals surface area contributed by atoms with E-state index < -0.39 is 0 Å². The number of benzene rings is 1. The average Bonchev–Trinajstić information content (AvgIpc) is 2.58. The third kappa shape index (κ3) is 3.62. The number of rotatable bonds is 5. The van der Waals surface area contributed by atoms with Crippen LogP contribution in [0.2, 0.25) is 0 Å². The van der Waals surface area contributed by atoms with Gasteiger partial charge in [-0.05, 0) is 55.7 Å². The minimum Gasteiger partial charge on any atom is -0.395 e. The third-order valence-corrected chi connectivity index (χ3v) is 4.85. The highest BCUT2D eigenvalue weighted by Gasteiger charge is 2.21. The molecule has 0 spiro atoms. The van der Waals surface area contributed by atoms with Crippen molar-refractivity contribution in [3.8, 4) is 0 Å². The predicted molar refractivity (Wildman–Crippen MR) is 101 cm³/mol. The molecule has 1 aliphatic heterocycles. The van der Waals surface area contributed by atoms with Crippen LogP contribution >= 0.6 is 0 Å². The predicted octanol–water partition coefficient (Wildman–Crippen LogP) is 2.28. The first-order valence-corrected chi connectivity index (χ1v) is 8.91. The summed E-state index contributed by atoms with van der Waals surface area (Å²) in [7, 11) is 1.78. The van der Waals surface area contributed by atoms with Gasteiger partial charge in [-0.1, -0.05) is 6.07 Å². The standard InChI is InChI=1S/C20H27N3O2/c1-15(2)23(19-5-4-9-21(3)20(19)25)18-7-6-16-8-10-22(11-12-24)14-17(16)13-18/h4-7,9,13,15,24H,8,10-12,14H2,1-3H3. The summed E-state index contributed by atoms with van der Waals surface area (Å²) in [5.74, 6) is 0. The lowest BCUT2D eigenvalue weighted by Crippen LogP contribution is -2.34. The van der Waals surface area contributed by atoms with Gasteiger partial charge in [-0.3, -0.25) is 9.69 Å². The molecule has 5 heteroatoms. The number of pyridine rings is 1. The Morgan fingerprint density at radius 3 is 2.76 bits per heavy atom. The van der Waals surface area contributed by atoms with Crippen molar-refractivity contribution in [3.63, 3.8) is 0 Å². The number of hydrogen-bond donors (Lipinski definition) is 1. The molecule has 0 amide bonds. The summed E-state index contributed by atoms with van der Waals surface area (Å²) < 4.78 is 1.62. The van der Waals surface area contributed by atoms with Crippen LogP contribution < -0.4 is 10.5 Å². The summed E-state index contributed by atoms with van der Waals surface area (Å²) in [6.45, 7) is 6.93. The van der Waals surface area contributed by atoms with Crippen LogP contribution in [0.4, 0.5) is 11.4 Å². The number of aryl methyl sites for hydroxylation is 1. The quantitative estimate of drug-likeness (QED) is 0.906. The summed E-state index contributed by atoms with van der Waals surface area (Å²) >= 11 is 0. The highest BCUT2D eigenvalue weighted by atomic mass is 16.3. The van der Waals surface area contributed by atoms with Gasteiger partial charge in [-0.15, -0.1) is 0 Å². The molecule has 0 fully saturated rings. The van der Waals surface area contributed by atoms with E-state index in [2.05, 4.69) is 41.8 Å². The Hall–Kier alpha value is -2.11. The van der Waals surface area contributed by atoms with E-state index in [-0.39, 0.29) is 18.2 Å².